The molecule has 36 heavy (non-hydrogen) atoms. The van der Waals surface area contributed by atoms with Gasteiger partial charge in [0.2, 0.25) is 0 Å². The molecule has 0 amide bonds. The molecule has 0 aliphatic heterocycles. The molecule has 0 aromatic heterocycles. The van der Waals surface area contributed by atoms with Crippen LogP contribution in [0.5, 0.6) is 0 Å². The second-order valence-electron chi connectivity index (χ2n) is 14.6. The summed E-state index contributed by atoms with van der Waals surface area (Å²) < 4.78 is 0. The molecule has 5 aliphatic rings. The molecule has 0 saturated heterocycles. The number of carboxylic acid groups (broad SMARTS) is 1. The van der Waals surface area contributed by atoms with E-state index in [9.17, 15) is 30.0 Å². The Kier molecular flexibility index (Phi) is 5.61. The van der Waals surface area contributed by atoms with Gasteiger partial charge in [-0.05, 0) is 86.4 Å². The highest BCUT2D eigenvalue weighted by molar-refractivity contribution is 5.77. The number of aliphatic hydroxyl groups excluding tert-OH is 2. The first-order chi connectivity index (χ1) is 16.6. The standard InChI is InChI=1S/C30H46O6/c1-17-9-12-30(24(34)35)14-13-27(4)18(22(30)29(17,6)36)7-8-20-25(2)11-10-21(33)26(3,16-31)23(25)19(32)15-28(20,27)5/h7,16-17,19-23,32-33,36H,8-15H2,1-6H3,(H,34,35)/t17-,19-,20-,21+,22-,23+,25-,26+,27-,28-,29-,30+/m1/s1. The minimum Gasteiger partial charge on any atom is -0.481 e. The summed E-state index contributed by atoms with van der Waals surface area (Å²) in [4.78, 5) is 25.2. The number of aliphatic hydroxyl groups is 3. The van der Waals surface area contributed by atoms with Gasteiger partial charge >= 0.3 is 5.97 Å². The number of allylic oxidation sites excluding steroid dienone is 1. The first-order valence-corrected chi connectivity index (χ1v) is 14.0. The molecule has 12 atom stereocenters. The maximum Gasteiger partial charge on any atom is 0.310 e. The van der Waals surface area contributed by atoms with Crippen molar-refractivity contribution in [1.82, 2.24) is 0 Å². The topological polar surface area (TPSA) is 115 Å². The number of fused-ring (bicyclic) bond motifs is 7. The molecule has 6 nitrogen and oxygen atoms in total. The summed E-state index contributed by atoms with van der Waals surface area (Å²) in [7, 11) is 0. The maximum atomic E-state index is 12.8. The lowest BCUT2D eigenvalue weighted by molar-refractivity contribution is -0.243. The van der Waals surface area contributed by atoms with Gasteiger partial charge in [-0.15, -0.1) is 0 Å². The van der Waals surface area contributed by atoms with Crippen LogP contribution in [0.4, 0.5) is 0 Å². The van der Waals surface area contributed by atoms with Crippen molar-refractivity contribution in [2.45, 2.75) is 111 Å². The molecule has 0 unspecified atom stereocenters. The van der Waals surface area contributed by atoms with Crippen molar-refractivity contribution in [2.24, 2.45) is 50.7 Å². The molecular formula is C30H46O6. The van der Waals surface area contributed by atoms with E-state index in [4.69, 9.17) is 0 Å². The van der Waals surface area contributed by atoms with Gasteiger partial charge in [-0.25, -0.2) is 0 Å². The van der Waals surface area contributed by atoms with Crippen LogP contribution in [0.1, 0.15) is 92.9 Å². The van der Waals surface area contributed by atoms with E-state index in [1.165, 1.54) is 0 Å². The fourth-order valence-electron chi connectivity index (χ4n) is 10.9. The van der Waals surface area contributed by atoms with Crippen molar-refractivity contribution < 1.29 is 30.0 Å². The van der Waals surface area contributed by atoms with Crippen molar-refractivity contribution in [3.8, 4) is 0 Å². The first-order valence-electron chi connectivity index (χ1n) is 14.0. The van der Waals surface area contributed by atoms with Crippen molar-refractivity contribution in [1.29, 1.82) is 0 Å². The molecule has 0 aromatic rings. The number of hydrogen-bond acceptors (Lipinski definition) is 5. The van der Waals surface area contributed by atoms with Gasteiger partial charge in [0.25, 0.3) is 0 Å². The summed E-state index contributed by atoms with van der Waals surface area (Å²) in [6, 6.07) is 0. The molecule has 5 aliphatic carbocycles. The number of hydrogen-bond donors (Lipinski definition) is 4. The second kappa shape index (κ2) is 7.66. The highest BCUT2D eigenvalue weighted by Gasteiger charge is 2.73. The van der Waals surface area contributed by atoms with Gasteiger partial charge < -0.3 is 25.2 Å². The summed E-state index contributed by atoms with van der Waals surface area (Å²) in [6.07, 6.45) is 6.66. The Bertz CT molecular complexity index is 1000. The van der Waals surface area contributed by atoms with E-state index in [0.717, 1.165) is 24.7 Å². The molecule has 6 heteroatoms. The van der Waals surface area contributed by atoms with Crippen molar-refractivity contribution in [3.63, 3.8) is 0 Å². The molecule has 0 spiro atoms. The lowest BCUT2D eigenvalue weighted by Gasteiger charge is -2.72. The third-order valence-corrected chi connectivity index (χ3v) is 13.3. The molecular weight excluding hydrogens is 456 g/mol. The van der Waals surface area contributed by atoms with Gasteiger partial charge in [0, 0.05) is 11.8 Å². The van der Waals surface area contributed by atoms with Gasteiger partial charge in [0.15, 0.2) is 0 Å². The fourth-order valence-corrected chi connectivity index (χ4v) is 10.9. The van der Waals surface area contributed by atoms with Crippen LogP contribution >= 0.6 is 0 Å². The van der Waals surface area contributed by atoms with E-state index < -0.39 is 40.5 Å². The zero-order valence-electron chi connectivity index (χ0n) is 22.9. The molecule has 4 saturated carbocycles. The molecule has 0 aromatic carbocycles. The predicted octanol–water partition coefficient (Wildman–Crippen LogP) is 4.35. The molecule has 0 heterocycles. The van der Waals surface area contributed by atoms with Crippen LogP contribution in [0.3, 0.4) is 0 Å². The molecule has 0 bridgehead atoms. The minimum atomic E-state index is -1.13. The molecule has 202 valence electrons. The van der Waals surface area contributed by atoms with Crippen LogP contribution in [0.15, 0.2) is 11.6 Å². The zero-order valence-corrected chi connectivity index (χ0v) is 22.9. The van der Waals surface area contributed by atoms with Gasteiger partial charge in [-0.3, -0.25) is 4.79 Å². The van der Waals surface area contributed by atoms with E-state index in [1.807, 2.05) is 20.8 Å². The Morgan fingerprint density at radius 2 is 1.69 bits per heavy atom. The highest BCUT2D eigenvalue weighted by Crippen LogP contribution is 2.75. The normalized spacial score (nSPS) is 58.4. The number of aliphatic carboxylic acids is 1. The number of carbonyl (C=O) groups excluding carboxylic acids is 1. The van der Waals surface area contributed by atoms with Gasteiger partial charge in [-0.1, -0.05) is 46.3 Å². The number of rotatable bonds is 2. The van der Waals surface area contributed by atoms with E-state index in [0.29, 0.717) is 38.5 Å². The lowest BCUT2D eigenvalue weighted by atomic mass is 9.32. The Labute approximate surface area is 215 Å². The average molecular weight is 503 g/mol. The van der Waals surface area contributed by atoms with Crippen LogP contribution < -0.4 is 0 Å². The Morgan fingerprint density at radius 1 is 1.03 bits per heavy atom. The molecule has 5 rings (SSSR count). The van der Waals surface area contributed by atoms with E-state index in [-0.39, 0.29) is 34.0 Å². The summed E-state index contributed by atoms with van der Waals surface area (Å²) in [5.41, 5.74) is -3.04. The summed E-state index contributed by atoms with van der Waals surface area (Å²) in [5.74, 6) is -1.41. The lowest BCUT2D eigenvalue weighted by Crippen LogP contribution is -2.70. The van der Waals surface area contributed by atoms with Crippen molar-refractivity contribution in [3.05, 3.63) is 11.6 Å². The van der Waals surface area contributed by atoms with Crippen LogP contribution in [-0.2, 0) is 9.59 Å². The molecule has 0 radical (unpaired) electrons. The molecule has 4 N–H and O–H groups in total. The van der Waals surface area contributed by atoms with Crippen LogP contribution in [0.25, 0.3) is 0 Å². The number of carbonyl (C=O) groups is 2. The van der Waals surface area contributed by atoms with Crippen molar-refractivity contribution in [2.75, 3.05) is 0 Å². The quantitative estimate of drug-likeness (QED) is 0.330. The summed E-state index contributed by atoms with van der Waals surface area (Å²) in [5, 5.41) is 45.0. The van der Waals surface area contributed by atoms with Gasteiger partial charge in [-0.2, -0.15) is 0 Å². The van der Waals surface area contributed by atoms with Crippen LogP contribution in [-0.4, -0.2) is 50.5 Å². The first kappa shape index (κ1) is 26.4. The van der Waals surface area contributed by atoms with Crippen LogP contribution in [0, 0.1) is 50.7 Å². The smallest absolute Gasteiger partial charge is 0.310 e. The van der Waals surface area contributed by atoms with E-state index >= 15 is 0 Å². The van der Waals surface area contributed by atoms with Crippen molar-refractivity contribution >= 4 is 12.3 Å². The fraction of sp³-hybridized carbons (Fsp3) is 0.867. The Morgan fingerprint density at radius 3 is 2.31 bits per heavy atom. The summed E-state index contributed by atoms with van der Waals surface area (Å²) in [6.45, 7) is 12.4. The minimum absolute atomic E-state index is 0.00395. The molecule has 4 fully saturated rings. The second-order valence-corrected chi connectivity index (χ2v) is 14.6. The third-order valence-electron chi connectivity index (χ3n) is 13.3. The third kappa shape index (κ3) is 2.85. The van der Waals surface area contributed by atoms with E-state index in [1.54, 1.807) is 0 Å². The monoisotopic (exact) mass is 502 g/mol. The van der Waals surface area contributed by atoms with Gasteiger partial charge in [0.1, 0.15) is 6.29 Å². The predicted molar refractivity (Wildman–Crippen MR) is 136 cm³/mol. The number of aldehydes is 1. The summed E-state index contributed by atoms with van der Waals surface area (Å²) >= 11 is 0. The highest BCUT2D eigenvalue weighted by atomic mass is 16.4. The largest absolute Gasteiger partial charge is 0.481 e. The van der Waals surface area contributed by atoms with Crippen LogP contribution in [0.2, 0.25) is 0 Å². The number of carboxylic acids is 1. The Balaban J connectivity index is 1.67. The Hall–Kier alpha value is -1.24. The average Bonchev–Trinajstić information content (AvgIpc) is 2.79. The maximum absolute atomic E-state index is 12.8. The zero-order chi connectivity index (χ0) is 26.7. The van der Waals surface area contributed by atoms with E-state index in [2.05, 4.69) is 26.8 Å². The SMILES string of the molecule is C[C@@H]1CC[C@]2(C(=O)O)CC[C@]3(C)C(=CC[C@@H]4[C@@]5(C)CC[C@H](O)[C@](C)(C=O)[C@H]5[C@H](O)C[C@]43C)[C@@H]2[C@]1(C)O. The van der Waals surface area contributed by atoms with Gasteiger partial charge in [0.05, 0.1) is 28.6 Å².